The molecule has 0 spiro atoms. The Hall–Kier alpha value is -1.74. The van der Waals surface area contributed by atoms with E-state index in [1.54, 1.807) is 45.0 Å². The van der Waals surface area contributed by atoms with E-state index in [1.165, 1.54) is 24.3 Å². The molecule has 0 aliphatic carbocycles. The van der Waals surface area contributed by atoms with Gasteiger partial charge in [0.1, 0.15) is 0 Å². The molecular weight excluding hydrogens is 400 g/mol. The first-order valence-corrected chi connectivity index (χ1v) is 11.7. The third-order valence-electron chi connectivity index (χ3n) is 4.66. The molecule has 28 heavy (non-hydrogen) atoms. The van der Waals surface area contributed by atoms with E-state index in [9.17, 15) is 16.8 Å². The molecule has 0 amide bonds. The molecule has 2 atom stereocenters. The Morgan fingerprint density at radius 1 is 0.607 bits per heavy atom. The summed E-state index contributed by atoms with van der Waals surface area (Å²) in [6.45, 7) is 8.55. The lowest BCUT2D eigenvalue weighted by Gasteiger charge is -2.25. The van der Waals surface area contributed by atoms with Crippen molar-refractivity contribution < 1.29 is 25.2 Å². The van der Waals surface area contributed by atoms with Gasteiger partial charge in [0, 0.05) is 5.92 Å². The molecule has 154 valence electrons. The average molecular weight is 427 g/mol. The highest BCUT2D eigenvalue weighted by atomic mass is 32.2. The molecule has 0 unspecified atom stereocenters. The Kier molecular flexibility index (Phi) is 7.03. The molecule has 0 aliphatic heterocycles. The predicted molar refractivity (Wildman–Crippen MR) is 107 cm³/mol. The lowest BCUT2D eigenvalue weighted by molar-refractivity contribution is 0.0780. The van der Waals surface area contributed by atoms with Crippen molar-refractivity contribution in [2.45, 2.75) is 56.6 Å². The van der Waals surface area contributed by atoms with Gasteiger partial charge in [0.25, 0.3) is 20.2 Å². The molecular formula is C20H26O6S2. The van der Waals surface area contributed by atoms with Crippen molar-refractivity contribution >= 4 is 20.2 Å². The van der Waals surface area contributed by atoms with E-state index in [1.807, 2.05) is 13.8 Å². The normalized spacial score (nSPS) is 14.8. The Bertz CT molecular complexity index is 910. The number of aryl methyl sites for hydroxylation is 2. The van der Waals surface area contributed by atoms with Crippen molar-refractivity contribution in [3.63, 3.8) is 0 Å². The third kappa shape index (κ3) is 5.64. The van der Waals surface area contributed by atoms with Crippen LogP contribution in [0.2, 0.25) is 0 Å². The number of hydrogen-bond donors (Lipinski definition) is 0. The molecule has 2 aromatic rings. The molecule has 2 aromatic carbocycles. The van der Waals surface area contributed by atoms with Crippen LogP contribution >= 0.6 is 0 Å². The van der Waals surface area contributed by atoms with Crippen molar-refractivity contribution in [3.05, 3.63) is 59.7 Å². The minimum atomic E-state index is -3.96. The zero-order valence-corrected chi connectivity index (χ0v) is 18.2. The zero-order valence-electron chi connectivity index (χ0n) is 16.6. The summed E-state index contributed by atoms with van der Waals surface area (Å²) >= 11 is 0. The lowest BCUT2D eigenvalue weighted by Crippen LogP contribution is -2.32. The number of benzene rings is 2. The van der Waals surface area contributed by atoms with Gasteiger partial charge in [-0.1, -0.05) is 42.3 Å². The molecule has 6 nitrogen and oxygen atoms in total. The van der Waals surface area contributed by atoms with Crippen LogP contribution in [0.5, 0.6) is 0 Å². The van der Waals surface area contributed by atoms with Crippen LogP contribution in [-0.2, 0) is 28.6 Å². The minimum absolute atomic E-state index is 0.0537. The summed E-state index contributed by atoms with van der Waals surface area (Å²) < 4.78 is 60.3. The van der Waals surface area contributed by atoms with Crippen LogP contribution in [0.15, 0.2) is 58.3 Å². The summed E-state index contributed by atoms with van der Waals surface area (Å²) in [5.74, 6) is -0.500. The van der Waals surface area contributed by atoms with Gasteiger partial charge in [-0.25, -0.2) is 0 Å². The fraction of sp³-hybridized carbons (Fsp3) is 0.400. The third-order valence-corrected chi connectivity index (χ3v) is 7.47. The molecule has 0 fully saturated rings. The highest BCUT2D eigenvalue weighted by Gasteiger charge is 2.30. The van der Waals surface area contributed by atoms with E-state index in [0.717, 1.165) is 11.1 Å². The highest BCUT2D eigenvalue weighted by molar-refractivity contribution is 7.87. The molecule has 0 bridgehead atoms. The summed E-state index contributed by atoms with van der Waals surface area (Å²) in [6.07, 6.45) is -1.57. The molecule has 8 heteroatoms. The molecule has 0 N–H and O–H groups in total. The maximum absolute atomic E-state index is 12.4. The molecule has 0 saturated carbocycles. The first kappa shape index (κ1) is 22.5. The van der Waals surface area contributed by atoms with Gasteiger partial charge in [0.2, 0.25) is 0 Å². The Labute approximate surface area is 167 Å². The van der Waals surface area contributed by atoms with Gasteiger partial charge < -0.3 is 0 Å². The largest absolute Gasteiger partial charge is 0.297 e. The quantitative estimate of drug-likeness (QED) is 0.596. The van der Waals surface area contributed by atoms with Crippen molar-refractivity contribution in [1.29, 1.82) is 0 Å². The SMILES string of the molecule is Cc1ccc(S(=O)(=O)O[C@H](C)C(C)[C@@H](C)OS(=O)(=O)c2ccc(C)cc2)cc1. The maximum Gasteiger partial charge on any atom is 0.297 e. The zero-order chi connectivity index (χ0) is 21.1. The van der Waals surface area contributed by atoms with Crippen LogP contribution < -0.4 is 0 Å². The van der Waals surface area contributed by atoms with E-state index >= 15 is 0 Å². The molecule has 0 aliphatic rings. The van der Waals surface area contributed by atoms with Crippen LogP contribution in [0.25, 0.3) is 0 Å². The monoisotopic (exact) mass is 426 g/mol. The van der Waals surface area contributed by atoms with E-state index in [-0.39, 0.29) is 9.79 Å². The van der Waals surface area contributed by atoms with Gasteiger partial charge in [-0.3, -0.25) is 8.37 Å². The van der Waals surface area contributed by atoms with Gasteiger partial charge in [0.15, 0.2) is 0 Å². The summed E-state index contributed by atoms with van der Waals surface area (Å²) in [5.41, 5.74) is 1.87. The molecule has 0 saturated heterocycles. The summed E-state index contributed by atoms with van der Waals surface area (Å²) in [7, 11) is -7.92. The second kappa shape index (κ2) is 8.73. The lowest BCUT2D eigenvalue weighted by atomic mass is 10.0. The standard InChI is InChI=1S/C20H26O6S2/c1-14-6-10-19(11-7-14)27(21,22)25-17(4)16(3)18(5)26-28(23,24)20-12-8-15(2)9-13-20/h6-13,16-18H,1-5H3/t17-,18-/m1/s1. The topological polar surface area (TPSA) is 86.7 Å². The highest BCUT2D eigenvalue weighted by Crippen LogP contribution is 2.24. The van der Waals surface area contributed by atoms with Crippen LogP contribution in [-0.4, -0.2) is 29.0 Å². The van der Waals surface area contributed by atoms with Gasteiger partial charge in [-0.05, 0) is 52.0 Å². The molecule has 0 heterocycles. The second-order valence-electron chi connectivity index (χ2n) is 7.00. The van der Waals surface area contributed by atoms with Gasteiger partial charge in [-0.2, -0.15) is 16.8 Å². The first-order valence-electron chi connectivity index (χ1n) is 8.92. The number of rotatable bonds is 8. The van der Waals surface area contributed by atoms with Crippen molar-refractivity contribution in [2.75, 3.05) is 0 Å². The summed E-state index contributed by atoms with van der Waals surface area (Å²) in [5, 5.41) is 0. The van der Waals surface area contributed by atoms with Crippen LogP contribution in [0.1, 0.15) is 31.9 Å². The first-order chi connectivity index (χ1) is 12.9. The predicted octanol–water partition coefficient (Wildman–Crippen LogP) is 3.83. The Morgan fingerprint density at radius 2 is 0.893 bits per heavy atom. The van der Waals surface area contributed by atoms with Crippen molar-refractivity contribution in [2.24, 2.45) is 5.92 Å². The average Bonchev–Trinajstić information content (AvgIpc) is 2.61. The van der Waals surface area contributed by atoms with Gasteiger partial charge in [-0.15, -0.1) is 0 Å². The van der Waals surface area contributed by atoms with E-state index in [2.05, 4.69) is 0 Å². The Balaban J connectivity index is 2.08. The van der Waals surface area contributed by atoms with E-state index in [4.69, 9.17) is 8.37 Å². The fourth-order valence-electron chi connectivity index (χ4n) is 2.48. The number of hydrogen-bond acceptors (Lipinski definition) is 6. The van der Waals surface area contributed by atoms with Crippen molar-refractivity contribution in [3.8, 4) is 0 Å². The van der Waals surface area contributed by atoms with Crippen molar-refractivity contribution in [1.82, 2.24) is 0 Å². The van der Waals surface area contributed by atoms with Crippen LogP contribution in [0.4, 0.5) is 0 Å². The van der Waals surface area contributed by atoms with Gasteiger partial charge >= 0.3 is 0 Å². The maximum atomic E-state index is 12.4. The smallest absolute Gasteiger partial charge is 0.263 e. The Morgan fingerprint density at radius 3 is 1.18 bits per heavy atom. The summed E-state index contributed by atoms with van der Waals surface area (Å²) in [6, 6.07) is 12.6. The minimum Gasteiger partial charge on any atom is -0.263 e. The van der Waals surface area contributed by atoms with Gasteiger partial charge in [0.05, 0.1) is 22.0 Å². The molecule has 2 rings (SSSR count). The summed E-state index contributed by atoms with van der Waals surface area (Å²) in [4.78, 5) is 0.107. The van der Waals surface area contributed by atoms with Crippen LogP contribution in [0, 0.1) is 19.8 Å². The fourth-order valence-corrected chi connectivity index (χ4v) is 4.79. The van der Waals surface area contributed by atoms with E-state index < -0.39 is 38.4 Å². The molecule has 0 radical (unpaired) electrons. The second-order valence-corrected chi connectivity index (χ2v) is 10.1. The molecule has 0 aromatic heterocycles. The van der Waals surface area contributed by atoms with E-state index in [0.29, 0.717) is 0 Å². The van der Waals surface area contributed by atoms with Crippen LogP contribution in [0.3, 0.4) is 0 Å².